The molecule has 0 aliphatic rings. The molecule has 3 aromatic rings. The summed E-state index contributed by atoms with van der Waals surface area (Å²) in [5.74, 6) is 0. The maximum Gasteiger partial charge on any atom is 0.416 e. The van der Waals surface area contributed by atoms with E-state index in [4.69, 9.17) is 4.74 Å². The third kappa shape index (κ3) is 8.62. The summed E-state index contributed by atoms with van der Waals surface area (Å²) < 4.78 is 73.2. The Balaban J connectivity index is 1.66. The minimum Gasteiger partial charge on any atom is -0.385 e. The van der Waals surface area contributed by atoms with Gasteiger partial charge in [-0.15, -0.1) is 5.10 Å². The molecule has 0 amide bonds. The highest BCUT2D eigenvalue weighted by molar-refractivity contribution is 7.89. The number of sulfonamides is 1. The summed E-state index contributed by atoms with van der Waals surface area (Å²) in [5, 5.41) is 11.9. The maximum absolute atomic E-state index is 13.0. The highest BCUT2D eigenvalue weighted by Crippen LogP contribution is 2.30. The number of aromatic nitrogens is 3. The molecule has 8 nitrogen and oxygen atoms in total. The molecule has 0 aliphatic heterocycles. The highest BCUT2D eigenvalue weighted by Gasteiger charge is 2.31. The molecule has 0 fully saturated rings. The van der Waals surface area contributed by atoms with Gasteiger partial charge in [-0.1, -0.05) is 35.5 Å². The van der Waals surface area contributed by atoms with Gasteiger partial charge in [-0.2, -0.15) is 13.2 Å². The second-order valence-electron chi connectivity index (χ2n) is 10.0. The number of rotatable bonds is 12. The van der Waals surface area contributed by atoms with Crippen molar-refractivity contribution in [1.29, 1.82) is 0 Å². The standard InChI is InChI=1S/C26H34F3N5O3S/c1-25(2,3)30-17-19-8-10-20(11-9-19)24(13-15-37-4)34-18-22(32-33-34)12-14-31-38(35,36)23-7-5-6-21(16-23)26(27,28)29/h5-11,16,18,24,30-31H,12-15,17H2,1-4H3/t24-/m1/s1. The van der Waals surface area contributed by atoms with Crippen molar-refractivity contribution in [2.45, 2.75) is 62.8 Å². The van der Waals surface area contributed by atoms with E-state index in [1.165, 1.54) is 0 Å². The molecule has 0 unspecified atom stereocenters. The zero-order valence-electron chi connectivity index (χ0n) is 21.9. The van der Waals surface area contributed by atoms with Gasteiger partial charge in [-0.25, -0.2) is 17.8 Å². The van der Waals surface area contributed by atoms with Crippen LogP contribution in [0.15, 0.2) is 59.6 Å². The smallest absolute Gasteiger partial charge is 0.385 e. The van der Waals surface area contributed by atoms with Crippen molar-refractivity contribution < 1.29 is 26.3 Å². The van der Waals surface area contributed by atoms with E-state index in [1.54, 1.807) is 18.0 Å². The fraction of sp³-hybridized carbons (Fsp3) is 0.462. The molecular formula is C26H34F3N5O3S. The van der Waals surface area contributed by atoms with E-state index in [2.05, 4.69) is 53.3 Å². The number of hydrogen-bond acceptors (Lipinski definition) is 6. The first-order valence-electron chi connectivity index (χ1n) is 12.2. The lowest BCUT2D eigenvalue weighted by atomic mass is 10.0. The Hall–Kier alpha value is -2.80. The first-order chi connectivity index (χ1) is 17.8. The molecule has 38 heavy (non-hydrogen) atoms. The Labute approximate surface area is 221 Å². The molecule has 1 aromatic heterocycles. The molecule has 1 heterocycles. The number of halogens is 3. The highest BCUT2D eigenvalue weighted by atomic mass is 32.2. The van der Waals surface area contributed by atoms with Crippen LogP contribution in [-0.2, 0) is 33.9 Å². The van der Waals surface area contributed by atoms with Crippen LogP contribution < -0.4 is 10.0 Å². The largest absolute Gasteiger partial charge is 0.416 e. The van der Waals surface area contributed by atoms with Gasteiger partial charge in [0, 0.05) is 45.0 Å². The topological polar surface area (TPSA) is 98.1 Å². The summed E-state index contributed by atoms with van der Waals surface area (Å²) in [7, 11) is -2.50. The lowest BCUT2D eigenvalue weighted by Crippen LogP contribution is -2.35. The number of nitrogens with one attached hydrogen (secondary N) is 2. The predicted molar refractivity (Wildman–Crippen MR) is 138 cm³/mol. The summed E-state index contributed by atoms with van der Waals surface area (Å²) in [4.78, 5) is -0.447. The number of alkyl halides is 3. The van der Waals surface area contributed by atoms with Crippen LogP contribution >= 0.6 is 0 Å². The Morgan fingerprint density at radius 3 is 2.42 bits per heavy atom. The molecule has 0 aliphatic carbocycles. The summed E-state index contributed by atoms with van der Waals surface area (Å²) in [6, 6.07) is 11.7. The fourth-order valence-electron chi connectivity index (χ4n) is 3.72. The number of methoxy groups -OCH3 is 1. The van der Waals surface area contributed by atoms with Gasteiger partial charge in [0.25, 0.3) is 0 Å². The maximum atomic E-state index is 13.0. The molecule has 2 aromatic carbocycles. The van der Waals surface area contributed by atoms with E-state index in [1.807, 2.05) is 12.1 Å². The van der Waals surface area contributed by atoms with E-state index in [-0.39, 0.29) is 24.5 Å². The van der Waals surface area contributed by atoms with Gasteiger partial charge in [0.05, 0.1) is 22.2 Å². The van der Waals surface area contributed by atoms with Crippen molar-refractivity contribution in [2.75, 3.05) is 20.3 Å². The monoisotopic (exact) mass is 553 g/mol. The van der Waals surface area contributed by atoms with Crippen molar-refractivity contribution in [3.05, 3.63) is 77.1 Å². The predicted octanol–water partition coefficient (Wildman–Crippen LogP) is 4.33. The van der Waals surface area contributed by atoms with E-state index in [0.29, 0.717) is 24.8 Å². The van der Waals surface area contributed by atoms with Crippen LogP contribution in [0.3, 0.4) is 0 Å². The van der Waals surface area contributed by atoms with Gasteiger partial charge >= 0.3 is 6.18 Å². The average molecular weight is 554 g/mol. The Kier molecular flexibility index (Phi) is 9.69. The molecule has 12 heteroatoms. The van der Waals surface area contributed by atoms with E-state index in [0.717, 1.165) is 35.9 Å². The molecule has 0 radical (unpaired) electrons. The molecule has 0 saturated heterocycles. The van der Waals surface area contributed by atoms with Crippen LogP contribution in [0.1, 0.15) is 55.6 Å². The summed E-state index contributed by atoms with van der Waals surface area (Å²) in [5.41, 5.74) is 1.72. The zero-order chi connectivity index (χ0) is 28.0. The van der Waals surface area contributed by atoms with Crippen LogP contribution in [0.25, 0.3) is 0 Å². The molecule has 2 N–H and O–H groups in total. The molecule has 208 valence electrons. The number of hydrogen-bond donors (Lipinski definition) is 2. The minimum absolute atomic E-state index is 0.0120. The van der Waals surface area contributed by atoms with Crippen LogP contribution in [0, 0.1) is 0 Å². The van der Waals surface area contributed by atoms with Crippen molar-refractivity contribution in [2.24, 2.45) is 0 Å². The molecule has 0 saturated carbocycles. The Morgan fingerprint density at radius 1 is 1.08 bits per heavy atom. The van der Waals surface area contributed by atoms with Crippen molar-refractivity contribution in [3.63, 3.8) is 0 Å². The van der Waals surface area contributed by atoms with Crippen molar-refractivity contribution in [3.8, 4) is 0 Å². The minimum atomic E-state index is -4.63. The SMILES string of the molecule is COCC[C@H](c1ccc(CNC(C)(C)C)cc1)n1cc(CCNS(=O)(=O)c2cccc(C(F)(F)F)c2)nn1. The Morgan fingerprint density at radius 2 is 1.79 bits per heavy atom. The van der Waals surface area contributed by atoms with E-state index in [9.17, 15) is 21.6 Å². The van der Waals surface area contributed by atoms with Gasteiger partial charge in [0.2, 0.25) is 10.0 Å². The number of ether oxygens (including phenoxy) is 1. The zero-order valence-corrected chi connectivity index (χ0v) is 22.7. The Bertz CT molecular complexity index is 1290. The normalized spacial score (nSPS) is 13.6. The average Bonchev–Trinajstić information content (AvgIpc) is 3.31. The fourth-order valence-corrected chi connectivity index (χ4v) is 4.80. The van der Waals surface area contributed by atoms with Gasteiger partial charge < -0.3 is 10.1 Å². The number of nitrogens with zero attached hydrogens (tertiary/aromatic N) is 3. The van der Waals surface area contributed by atoms with Gasteiger partial charge in [0.1, 0.15) is 0 Å². The third-order valence-corrected chi connectivity index (χ3v) is 7.26. The summed E-state index contributed by atoms with van der Waals surface area (Å²) >= 11 is 0. The van der Waals surface area contributed by atoms with Gasteiger partial charge in [-0.05, 0) is 56.5 Å². The molecule has 0 bridgehead atoms. The first-order valence-corrected chi connectivity index (χ1v) is 13.7. The summed E-state index contributed by atoms with van der Waals surface area (Å²) in [6.45, 7) is 7.54. The molecule has 3 rings (SSSR count). The van der Waals surface area contributed by atoms with E-state index < -0.39 is 26.7 Å². The van der Waals surface area contributed by atoms with Crippen LogP contribution in [0.2, 0.25) is 0 Å². The van der Waals surface area contributed by atoms with Crippen LogP contribution in [-0.4, -0.2) is 49.2 Å². The molecule has 0 spiro atoms. The van der Waals surface area contributed by atoms with Crippen molar-refractivity contribution >= 4 is 10.0 Å². The molecular weight excluding hydrogens is 519 g/mol. The van der Waals surface area contributed by atoms with Crippen LogP contribution in [0.4, 0.5) is 13.2 Å². The van der Waals surface area contributed by atoms with Gasteiger partial charge in [0.15, 0.2) is 0 Å². The second kappa shape index (κ2) is 12.4. The first kappa shape index (κ1) is 29.8. The van der Waals surface area contributed by atoms with E-state index >= 15 is 0 Å². The quantitative estimate of drug-likeness (QED) is 0.347. The van der Waals surface area contributed by atoms with Gasteiger partial charge in [-0.3, -0.25) is 0 Å². The third-order valence-electron chi connectivity index (χ3n) is 5.80. The second-order valence-corrected chi connectivity index (χ2v) is 11.8. The summed E-state index contributed by atoms with van der Waals surface area (Å²) in [6.07, 6.45) is -2.02. The lowest BCUT2D eigenvalue weighted by Gasteiger charge is -2.21. The van der Waals surface area contributed by atoms with Crippen molar-refractivity contribution in [1.82, 2.24) is 25.0 Å². The number of benzene rings is 2. The van der Waals surface area contributed by atoms with Crippen LogP contribution in [0.5, 0.6) is 0 Å². The molecule has 1 atom stereocenters. The lowest BCUT2D eigenvalue weighted by molar-refractivity contribution is -0.137.